The van der Waals surface area contributed by atoms with Crippen LogP contribution in [-0.4, -0.2) is 5.78 Å². The lowest BCUT2D eigenvalue weighted by molar-refractivity contribution is 0.103. The van der Waals surface area contributed by atoms with Crippen LogP contribution in [0.25, 0.3) is 0 Å². The van der Waals surface area contributed by atoms with E-state index in [1.165, 1.54) is 0 Å². The van der Waals surface area contributed by atoms with Crippen molar-refractivity contribution in [3.05, 3.63) is 62.0 Å². The maximum absolute atomic E-state index is 12.4. The van der Waals surface area contributed by atoms with Crippen LogP contribution in [0.15, 0.2) is 40.9 Å². The molecule has 0 aliphatic rings. The minimum Gasteiger partial charge on any atom is -0.399 e. The van der Waals surface area contributed by atoms with E-state index in [4.69, 9.17) is 28.9 Å². The Kier molecular flexibility index (Phi) is 3.95. The Morgan fingerprint density at radius 3 is 2.50 bits per heavy atom. The topological polar surface area (TPSA) is 43.1 Å². The van der Waals surface area contributed by atoms with E-state index >= 15 is 0 Å². The molecular formula is C13H8BrCl2NO. The van der Waals surface area contributed by atoms with Crippen molar-refractivity contribution < 1.29 is 4.79 Å². The highest BCUT2D eigenvalue weighted by Crippen LogP contribution is 2.27. The van der Waals surface area contributed by atoms with E-state index in [-0.39, 0.29) is 5.78 Å². The van der Waals surface area contributed by atoms with E-state index in [0.29, 0.717) is 31.3 Å². The Hall–Kier alpha value is -1.03. The van der Waals surface area contributed by atoms with Gasteiger partial charge in [-0.1, -0.05) is 39.1 Å². The van der Waals surface area contributed by atoms with Crippen LogP contribution >= 0.6 is 39.1 Å². The number of halogens is 3. The van der Waals surface area contributed by atoms with Gasteiger partial charge in [-0.2, -0.15) is 0 Å². The minimum atomic E-state index is -0.221. The monoisotopic (exact) mass is 343 g/mol. The number of nitrogen functional groups attached to an aromatic ring is 1. The Morgan fingerprint density at radius 1 is 1.06 bits per heavy atom. The number of nitrogens with two attached hydrogens (primary N) is 1. The second-order valence-corrected chi connectivity index (χ2v) is 5.39. The van der Waals surface area contributed by atoms with E-state index in [1.807, 2.05) is 0 Å². The number of hydrogen-bond donors (Lipinski definition) is 1. The molecule has 0 spiro atoms. The van der Waals surface area contributed by atoms with Crippen molar-refractivity contribution in [2.45, 2.75) is 0 Å². The van der Waals surface area contributed by atoms with Crippen LogP contribution in [0.5, 0.6) is 0 Å². The molecule has 0 fully saturated rings. The van der Waals surface area contributed by atoms with E-state index in [1.54, 1.807) is 36.4 Å². The maximum Gasteiger partial charge on any atom is 0.195 e. The molecule has 2 nitrogen and oxygen atoms in total. The van der Waals surface area contributed by atoms with Crippen LogP contribution in [0.3, 0.4) is 0 Å². The van der Waals surface area contributed by atoms with Crippen molar-refractivity contribution in [3.63, 3.8) is 0 Å². The molecule has 0 aliphatic heterocycles. The van der Waals surface area contributed by atoms with Gasteiger partial charge in [0.1, 0.15) is 0 Å². The second-order valence-electron chi connectivity index (χ2n) is 3.69. The summed E-state index contributed by atoms with van der Waals surface area (Å²) in [5, 5.41) is 0.821. The highest BCUT2D eigenvalue weighted by atomic mass is 79.9. The molecule has 2 rings (SSSR count). The average molecular weight is 345 g/mol. The average Bonchev–Trinajstić information content (AvgIpc) is 2.34. The molecule has 0 radical (unpaired) electrons. The lowest BCUT2D eigenvalue weighted by Gasteiger charge is -2.07. The molecule has 0 aliphatic carbocycles. The van der Waals surface area contributed by atoms with E-state index in [2.05, 4.69) is 15.9 Å². The molecule has 0 amide bonds. The number of anilines is 1. The fraction of sp³-hybridized carbons (Fsp3) is 0. The van der Waals surface area contributed by atoms with Crippen LogP contribution in [0.2, 0.25) is 10.0 Å². The summed E-state index contributed by atoms with van der Waals surface area (Å²) in [6.07, 6.45) is 0. The van der Waals surface area contributed by atoms with Crippen molar-refractivity contribution in [2.75, 3.05) is 5.73 Å². The Labute approximate surface area is 123 Å². The van der Waals surface area contributed by atoms with Crippen LogP contribution < -0.4 is 5.73 Å². The van der Waals surface area contributed by atoms with Crippen LogP contribution in [-0.2, 0) is 0 Å². The van der Waals surface area contributed by atoms with E-state index in [0.717, 1.165) is 0 Å². The highest BCUT2D eigenvalue weighted by Gasteiger charge is 2.16. The number of ketones is 1. The molecule has 0 saturated heterocycles. The third-order valence-corrected chi connectivity index (χ3v) is 3.66. The second kappa shape index (κ2) is 5.31. The largest absolute Gasteiger partial charge is 0.399 e. The van der Waals surface area contributed by atoms with E-state index < -0.39 is 0 Å². The van der Waals surface area contributed by atoms with Crippen molar-refractivity contribution in [1.82, 2.24) is 0 Å². The molecule has 92 valence electrons. The molecule has 0 unspecified atom stereocenters. The molecule has 0 heterocycles. The summed E-state index contributed by atoms with van der Waals surface area (Å²) >= 11 is 15.2. The van der Waals surface area contributed by atoms with Crippen molar-refractivity contribution in [2.24, 2.45) is 0 Å². The third-order valence-electron chi connectivity index (χ3n) is 2.41. The SMILES string of the molecule is Nc1ccc(Br)c(C(=O)c2cc(Cl)ccc2Cl)c1. The van der Waals surface area contributed by atoms with Crippen molar-refractivity contribution >= 4 is 50.6 Å². The van der Waals surface area contributed by atoms with Gasteiger partial charge in [0.15, 0.2) is 5.78 Å². The molecule has 5 heteroatoms. The van der Waals surface area contributed by atoms with Gasteiger partial charge in [0.2, 0.25) is 0 Å². The molecule has 2 aromatic carbocycles. The Morgan fingerprint density at radius 2 is 1.78 bits per heavy atom. The van der Waals surface area contributed by atoms with Gasteiger partial charge in [0.05, 0.1) is 5.02 Å². The number of rotatable bonds is 2. The Bertz CT molecular complexity index is 575. The molecule has 18 heavy (non-hydrogen) atoms. The first kappa shape index (κ1) is 13.4. The highest BCUT2D eigenvalue weighted by molar-refractivity contribution is 9.10. The first-order valence-corrected chi connectivity index (χ1v) is 6.58. The fourth-order valence-electron chi connectivity index (χ4n) is 1.53. The zero-order chi connectivity index (χ0) is 13.3. The fourth-order valence-corrected chi connectivity index (χ4v) is 2.34. The summed E-state index contributed by atoms with van der Waals surface area (Å²) in [5.41, 5.74) is 7.01. The standard InChI is InChI=1S/C13H8BrCl2NO/c14-11-3-2-8(17)6-9(11)13(18)10-5-7(15)1-4-12(10)16/h1-6H,17H2. The smallest absolute Gasteiger partial charge is 0.195 e. The maximum atomic E-state index is 12.4. The van der Waals surface area contributed by atoms with Crippen molar-refractivity contribution in [3.8, 4) is 0 Å². The molecule has 0 aromatic heterocycles. The van der Waals surface area contributed by atoms with Gasteiger partial charge in [-0.25, -0.2) is 0 Å². The molecule has 2 aromatic rings. The van der Waals surface area contributed by atoms with Crippen LogP contribution in [0.1, 0.15) is 15.9 Å². The molecule has 2 N–H and O–H groups in total. The van der Waals surface area contributed by atoms with Crippen molar-refractivity contribution in [1.29, 1.82) is 0 Å². The lowest BCUT2D eigenvalue weighted by atomic mass is 10.0. The van der Waals surface area contributed by atoms with Gasteiger partial charge >= 0.3 is 0 Å². The van der Waals surface area contributed by atoms with Gasteiger partial charge in [-0.15, -0.1) is 0 Å². The molecular weight excluding hydrogens is 337 g/mol. The zero-order valence-electron chi connectivity index (χ0n) is 9.08. The van der Waals surface area contributed by atoms with E-state index in [9.17, 15) is 4.79 Å². The number of carbonyl (C=O) groups excluding carboxylic acids is 1. The third kappa shape index (κ3) is 2.69. The van der Waals surface area contributed by atoms with Gasteiger partial charge in [-0.05, 0) is 36.4 Å². The zero-order valence-corrected chi connectivity index (χ0v) is 12.2. The first-order valence-electron chi connectivity index (χ1n) is 5.04. The summed E-state index contributed by atoms with van der Waals surface area (Å²) in [5.74, 6) is -0.221. The van der Waals surface area contributed by atoms with Crippen LogP contribution in [0.4, 0.5) is 5.69 Å². The summed E-state index contributed by atoms with van der Waals surface area (Å²) in [7, 11) is 0. The summed E-state index contributed by atoms with van der Waals surface area (Å²) in [6, 6.07) is 9.80. The van der Waals surface area contributed by atoms with Gasteiger partial charge in [0.25, 0.3) is 0 Å². The molecule has 0 saturated carbocycles. The predicted octanol–water partition coefficient (Wildman–Crippen LogP) is 4.57. The molecule has 0 bridgehead atoms. The minimum absolute atomic E-state index is 0.221. The summed E-state index contributed by atoms with van der Waals surface area (Å²) in [6.45, 7) is 0. The number of benzene rings is 2. The number of carbonyl (C=O) groups is 1. The van der Waals surface area contributed by atoms with Gasteiger partial charge < -0.3 is 5.73 Å². The first-order chi connectivity index (χ1) is 8.49. The quantitative estimate of drug-likeness (QED) is 0.640. The Balaban J connectivity index is 2.54. The normalized spacial score (nSPS) is 10.4. The summed E-state index contributed by atoms with van der Waals surface area (Å²) < 4.78 is 0.665. The van der Waals surface area contributed by atoms with Gasteiger partial charge in [-0.3, -0.25) is 4.79 Å². The molecule has 0 atom stereocenters. The predicted molar refractivity (Wildman–Crippen MR) is 78.4 cm³/mol. The van der Waals surface area contributed by atoms with Gasteiger partial charge in [0, 0.05) is 26.3 Å². The number of hydrogen-bond acceptors (Lipinski definition) is 2. The lowest BCUT2D eigenvalue weighted by Crippen LogP contribution is -2.04. The summed E-state index contributed by atoms with van der Waals surface area (Å²) in [4.78, 5) is 12.4. The van der Waals surface area contributed by atoms with Crippen LogP contribution in [0, 0.1) is 0 Å².